The quantitative estimate of drug-likeness (QED) is 0.826. The first-order chi connectivity index (χ1) is 8.06. The molecule has 0 saturated carbocycles. The minimum absolute atomic E-state index is 0.340. The molecule has 0 atom stereocenters. The highest BCUT2D eigenvalue weighted by molar-refractivity contribution is 5.50. The van der Waals surface area contributed by atoms with E-state index in [0.717, 1.165) is 17.9 Å². The molecule has 0 saturated heterocycles. The summed E-state index contributed by atoms with van der Waals surface area (Å²) in [6.07, 6.45) is 1.56. The molecule has 0 aliphatic carbocycles. The lowest BCUT2D eigenvalue weighted by Gasteiger charge is -2.17. The Labute approximate surface area is 104 Å². The van der Waals surface area contributed by atoms with Gasteiger partial charge in [-0.2, -0.15) is 0 Å². The zero-order valence-electron chi connectivity index (χ0n) is 11.4. The topological polar surface area (TPSA) is 47.0 Å². The molecule has 1 heterocycles. The van der Waals surface area contributed by atoms with E-state index in [1.54, 1.807) is 6.33 Å². The third kappa shape index (κ3) is 3.88. The van der Waals surface area contributed by atoms with E-state index in [9.17, 15) is 0 Å². The summed E-state index contributed by atoms with van der Waals surface area (Å²) < 4.78 is 5.76. The van der Waals surface area contributed by atoms with Gasteiger partial charge in [0.1, 0.15) is 12.1 Å². The molecule has 0 unspecified atom stereocenters. The first kappa shape index (κ1) is 13.7. The molecule has 0 aliphatic heterocycles. The zero-order chi connectivity index (χ0) is 12.8. The minimum Gasteiger partial charge on any atom is -0.477 e. The van der Waals surface area contributed by atoms with Crippen molar-refractivity contribution in [3.05, 3.63) is 11.9 Å². The van der Waals surface area contributed by atoms with Gasteiger partial charge in [-0.25, -0.2) is 9.97 Å². The van der Waals surface area contributed by atoms with Crippen molar-refractivity contribution >= 4 is 5.82 Å². The summed E-state index contributed by atoms with van der Waals surface area (Å²) in [5.74, 6) is 2.43. The molecule has 4 nitrogen and oxygen atoms in total. The number of nitrogens with one attached hydrogen (secondary N) is 1. The summed E-state index contributed by atoms with van der Waals surface area (Å²) in [5.41, 5.74) is 1.06. The predicted octanol–water partition coefficient (Wildman–Crippen LogP) is 3.07. The maximum absolute atomic E-state index is 5.76. The maximum atomic E-state index is 5.76. The van der Waals surface area contributed by atoms with Crippen LogP contribution in [0.1, 0.15) is 46.1 Å². The van der Waals surface area contributed by atoms with Gasteiger partial charge in [-0.15, -0.1) is 0 Å². The van der Waals surface area contributed by atoms with E-state index < -0.39 is 0 Å². The number of rotatable bonds is 6. The van der Waals surface area contributed by atoms with E-state index in [1.807, 2.05) is 0 Å². The number of nitrogens with zero attached hydrogens (tertiary/aromatic N) is 2. The van der Waals surface area contributed by atoms with Gasteiger partial charge in [-0.3, -0.25) is 0 Å². The Morgan fingerprint density at radius 1 is 1.24 bits per heavy atom. The molecule has 0 aliphatic rings. The fourth-order valence-corrected chi connectivity index (χ4v) is 1.57. The molecule has 0 aromatic carbocycles. The number of anilines is 1. The molecule has 1 aromatic rings. The van der Waals surface area contributed by atoms with Gasteiger partial charge in [-0.05, 0) is 18.8 Å². The van der Waals surface area contributed by atoms with Gasteiger partial charge in [0.25, 0.3) is 0 Å². The summed E-state index contributed by atoms with van der Waals surface area (Å²) in [7, 11) is 0. The highest BCUT2D eigenvalue weighted by atomic mass is 16.5. The van der Waals surface area contributed by atoms with Crippen LogP contribution < -0.4 is 10.1 Å². The average molecular weight is 237 g/mol. The fraction of sp³-hybridized carbons (Fsp3) is 0.692. The van der Waals surface area contributed by atoms with Crippen LogP contribution in [-0.4, -0.2) is 23.1 Å². The predicted molar refractivity (Wildman–Crippen MR) is 70.6 cm³/mol. The normalized spacial score (nSPS) is 11.0. The number of ether oxygens (including phenoxy) is 1. The van der Waals surface area contributed by atoms with Gasteiger partial charge in [0.2, 0.25) is 5.88 Å². The van der Waals surface area contributed by atoms with Crippen molar-refractivity contribution in [2.75, 3.05) is 18.5 Å². The Morgan fingerprint density at radius 2 is 1.94 bits per heavy atom. The van der Waals surface area contributed by atoms with Gasteiger partial charge in [0.15, 0.2) is 0 Å². The molecule has 0 radical (unpaired) electrons. The summed E-state index contributed by atoms with van der Waals surface area (Å²) in [6, 6.07) is 0. The standard InChI is InChI=1S/C13H23N3O/c1-6-14-12-11(10(4)5)13(16-8-15-12)17-7-9(2)3/h8-10H,6-7H2,1-5H3,(H,14,15,16). The lowest BCUT2D eigenvalue weighted by atomic mass is 10.1. The lowest BCUT2D eigenvalue weighted by molar-refractivity contribution is 0.257. The van der Waals surface area contributed by atoms with Crippen LogP contribution in [0.25, 0.3) is 0 Å². The van der Waals surface area contributed by atoms with Crippen LogP contribution in [0.2, 0.25) is 0 Å². The van der Waals surface area contributed by atoms with Crippen LogP contribution in [0, 0.1) is 5.92 Å². The highest BCUT2D eigenvalue weighted by Crippen LogP contribution is 2.29. The third-order valence-electron chi connectivity index (χ3n) is 2.32. The van der Waals surface area contributed by atoms with Crippen molar-refractivity contribution in [2.45, 2.75) is 40.5 Å². The molecule has 1 aromatic heterocycles. The molecule has 96 valence electrons. The van der Waals surface area contributed by atoms with Crippen LogP contribution >= 0.6 is 0 Å². The molecule has 4 heteroatoms. The Hall–Kier alpha value is -1.32. The van der Waals surface area contributed by atoms with Crippen molar-refractivity contribution in [1.82, 2.24) is 9.97 Å². The molecule has 0 fully saturated rings. The lowest BCUT2D eigenvalue weighted by Crippen LogP contribution is -2.11. The van der Waals surface area contributed by atoms with Crippen molar-refractivity contribution in [1.29, 1.82) is 0 Å². The minimum atomic E-state index is 0.340. The van der Waals surface area contributed by atoms with E-state index in [-0.39, 0.29) is 0 Å². The van der Waals surface area contributed by atoms with Gasteiger partial charge >= 0.3 is 0 Å². The summed E-state index contributed by atoms with van der Waals surface area (Å²) in [6.45, 7) is 12.1. The smallest absolute Gasteiger partial charge is 0.222 e. The highest BCUT2D eigenvalue weighted by Gasteiger charge is 2.15. The average Bonchev–Trinajstić information content (AvgIpc) is 2.26. The zero-order valence-corrected chi connectivity index (χ0v) is 11.4. The molecule has 17 heavy (non-hydrogen) atoms. The number of aromatic nitrogens is 2. The second kappa shape index (κ2) is 6.42. The molecule has 0 bridgehead atoms. The molecular weight excluding hydrogens is 214 g/mol. The Bertz CT molecular complexity index is 351. The van der Waals surface area contributed by atoms with E-state index >= 15 is 0 Å². The second-order valence-corrected chi connectivity index (χ2v) is 4.83. The first-order valence-corrected chi connectivity index (χ1v) is 6.27. The fourth-order valence-electron chi connectivity index (χ4n) is 1.57. The first-order valence-electron chi connectivity index (χ1n) is 6.27. The van der Waals surface area contributed by atoms with Gasteiger partial charge in [0.05, 0.1) is 12.2 Å². The number of hydrogen-bond acceptors (Lipinski definition) is 4. The van der Waals surface area contributed by atoms with Gasteiger partial charge in [0, 0.05) is 6.54 Å². The van der Waals surface area contributed by atoms with E-state index in [4.69, 9.17) is 4.74 Å². The van der Waals surface area contributed by atoms with Crippen molar-refractivity contribution in [3.63, 3.8) is 0 Å². The van der Waals surface area contributed by atoms with Crippen molar-refractivity contribution in [3.8, 4) is 5.88 Å². The van der Waals surface area contributed by atoms with E-state index in [2.05, 4.69) is 49.9 Å². The number of hydrogen-bond donors (Lipinski definition) is 1. The summed E-state index contributed by atoms with van der Waals surface area (Å²) >= 11 is 0. The molecule has 0 spiro atoms. The van der Waals surface area contributed by atoms with Gasteiger partial charge < -0.3 is 10.1 Å². The molecule has 0 amide bonds. The van der Waals surface area contributed by atoms with Crippen LogP contribution in [-0.2, 0) is 0 Å². The summed E-state index contributed by atoms with van der Waals surface area (Å²) in [5, 5.41) is 3.25. The van der Waals surface area contributed by atoms with Gasteiger partial charge in [-0.1, -0.05) is 27.7 Å². The Morgan fingerprint density at radius 3 is 2.47 bits per heavy atom. The molecule has 1 N–H and O–H groups in total. The van der Waals surface area contributed by atoms with Crippen LogP contribution in [0.15, 0.2) is 6.33 Å². The molecular formula is C13H23N3O. The van der Waals surface area contributed by atoms with Crippen LogP contribution in [0.4, 0.5) is 5.82 Å². The van der Waals surface area contributed by atoms with E-state index in [1.165, 1.54) is 0 Å². The maximum Gasteiger partial charge on any atom is 0.222 e. The summed E-state index contributed by atoms with van der Waals surface area (Å²) in [4.78, 5) is 8.52. The SMILES string of the molecule is CCNc1ncnc(OCC(C)C)c1C(C)C. The largest absolute Gasteiger partial charge is 0.477 e. The van der Waals surface area contributed by atoms with Crippen molar-refractivity contribution < 1.29 is 4.74 Å². The Balaban J connectivity index is 2.98. The third-order valence-corrected chi connectivity index (χ3v) is 2.32. The van der Waals surface area contributed by atoms with Crippen LogP contribution in [0.5, 0.6) is 5.88 Å². The second-order valence-electron chi connectivity index (χ2n) is 4.83. The molecule has 1 rings (SSSR count). The Kier molecular flexibility index (Phi) is 5.19. The van der Waals surface area contributed by atoms with Crippen molar-refractivity contribution in [2.24, 2.45) is 5.92 Å². The van der Waals surface area contributed by atoms with Crippen LogP contribution in [0.3, 0.4) is 0 Å². The monoisotopic (exact) mass is 237 g/mol. The van der Waals surface area contributed by atoms with E-state index in [0.29, 0.717) is 24.3 Å².